The average Bonchev–Trinajstić information content (AvgIpc) is 3.41. The van der Waals surface area contributed by atoms with Crippen LogP contribution in [0.15, 0.2) is 53.9 Å². The second-order valence-corrected chi connectivity index (χ2v) is 11.0. The molecule has 2 aromatic heterocycles. The van der Waals surface area contributed by atoms with Gasteiger partial charge >= 0.3 is 0 Å². The smallest absolute Gasteiger partial charge is 0.226 e. The molecule has 2 heterocycles. The number of carbonyl (C=O) groups excluding carboxylic acids is 2. The van der Waals surface area contributed by atoms with Crippen LogP contribution < -0.4 is 16.0 Å². The van der Waals surface area contributed by atoms with E-state index in [0.717, 1.165) is 49.0 Å². The Labute approximate surface area is 237 Å². The summed E-state index contributed by atoms with van der Waals surface area (Å²) < 4.78 is 0. The zero-order chi connectivity index (χ0) is 27.0. The van der Waals surface area contributed by atoms with Crippen LogP contribution in [0.5, 0.6) is 0 Å². The molecule has 5 rings (SSSR count). The lowest BCUT2D eigenvalue weighted by Gasteiger charge is -2.21. The Balaban J connectivity index is 1.01. The van der Waals surface area contributed by atoms with E-state index >= 15 is 0 Å². The normalized spacial score (nSPS) is 12.6. The van der Waals surface area contributed by atoms with E-state index in [1.165, 1.54) is 46.5 Å². The quantitative estimate of drug-likeness (QED) is 0.179. The lowest BCUT2D eigenvalue weighted by molar-refractivity contribution is -0.124. The summed E-state index contributed by atoms with van der Waals surface area (Å²) >= 11 is 7.29. The van der Waals surface area contributed by atoms with Gasteiger partial charge in [-0.15, -0.1) is 11.3 Å². The van der Waals surface area contributed by atoms with E-state index in [1.54, 1.807) is 12.1 Å². The number of carbonyl (C=O) groups is 2. The number of anilines is 2. The van der Waals surface area contributed by atoms with Crippen LogP contribution in [0.1, 0.15) is 49.8 Å². The minimum absolute atomic E-state index is 0.115. The number of hydrogen-bond donors (Lipinski definition) is 3. The molecule has 0 bridgehead atoms. The van der Waals surface area contributed by atoms with Crippen molar-refractivity contribution >= 4 is 56.5 Å². The molecule has 1 aliphatic rings. The number of benzene rings is 2. The molecule has 0 unspecified atom stereocenters. The van der Waals surface area contributed by atoms with Crippen LogP contribution in [0.3, 0.4) is 0 Å². The summed E-state index contributed by atoms with van der Waals surface area (Å²) in [6.07, 6.45) is 6.60. The third-order valence-electron chi connectivity index (χ3n) is 6.87. The van der Waals surface area contributed by atoms with Gasteiger partial charge in [-0.3, -0.25) is 14.6 Å². The number of fused-ring (bicyclic) bond motifs is 2. The number of halogens is 1. The van der Waals surface area contributed by atoms with Crippen LogP contribution in [0, 0.1) is 0 Å². The maximum absolute atomic E-state index is 12.3. The van der Waals surface area contributed by atoms with Crippen LogP contribution in [-0.4, -0.2) is 34.9 Å². The van der Waals surface area contributed by atoms with E-state index in [-0.39, 0.29) is 24.7 Å². The van der Waals surface area contributed by atoms with Crippen molar-refractivity contribution in [3.63, 3.8) is 0 Å². The number of nitrogens with one attached hydrogen (secondary N) is 3. The fraction of sp³-hybridized carbons (Fsp3) is 0.333. The van der Waals surface area contributed by atoms with Crippen molar-refractivity contribution in [3.8, 4) is 11.3 Å². The number of hydrogen-bond acceptors (Lipinski definition) is 6. The first-order valence-corrected chi connectivity index (χ1v) is 14.7. The summed E-state index contributed by atoms with van der Waals surface area (Å²) in [7, 11) is 0. The maximum Gasteiger partial charge on any atom is 0.226 e. The monoisotopic (exact) mass is 561 g/mol. The number of thiazole rings is 1. The van der Waals surface area contributed by atoms with Crippen LogP contribution in [0.25, 0.3) is 22.2 Å². The number of aromatic nitrogens is 2. The van der Waals surface area contributed by atoms with E-state index in [9.17, 15) is 9.59 Å². The second-order valence-electron chi connectivity index (χ2n) is 9.71. The van der Waals surface area contributed by atoms with Gasteiger partial charge in [0.2, 0.25) is 11.8 Å². The third kappa shape index (κ3) is 7.13. The van der Waals surface area contributed by atoms with E-state index in [1.807, 2.05) is 23.6 Å². The van der Waals surface area contributed by atoms with Gasteiger partial charge in [0.15, 0.2) is 5.13 Å². The minimum Gasteiger partial charge on any atom is -0.384 e. The first-order chi connectivity index (χ1) is 19.1. The number of para-hydroxylation sites is 1. The largest absolute Gasteiger partial charge is 0.384 e. The van der Waals surface area contributed by atoms with Crippen molar-refractivity contribution in [2.75, 3.05) is 23.7 Å². The molecule has 0 radical (unpaired) electrons. The molecule has 4 aromatic rings. The highest BCUT2D eigenvalue weighted by atomic mass is 35.5. The highest BCUT2D eigenvalue weighted by Crippen LogP contribution is 2.33. The van der Waals surface area contributed by atoms with E-state index in [2.05, 4.69) is 39.1 Å². The molecule has 9 heteroatoms. The fourth-order valence-corrected chi connectivity index (χ4v) is 5.71. The summed E-state index contributed by atoms with van der Waals surface area (Å²) in [5.41, 5.74) is 6.58. The second kappa shape index (κ2) is 13.0. The van der Waals surface area contributed by atoms with Crippen LogP contribution in [-0.2, 0) is 22.4 Å². The molecular weight excluding hydrogens is 530 g/mol. The Morgan fingerprint density at radius 1 is 0.897 bits per heavy atom. The zero-order valence-electron chi connectivity index (χ0n) is 21.8. The van der Waals surface area contributed by atoms with Gasteiger partial charge in [-0.25, -0.2) is 4.98 Å². The molecular formula is C30H32ClN5O2S. The number of amides is 2. The Bertz CT molecular complexity index is 1450. The molecule has 0 fully saturated rings. The fourth-order valence-electron chi connectivity index (χ4n) is 4.85. The third-order valence-corrected chi connectivity index (χ3v) is 7.88. The molecule has 1 aliphatic carbocycles. The van der Waals surface area contributed by atoms with Gasteiger partial charge < -0.3 is 16.0 Å². The first-order valence-electron chi connectivity index (χ1n) is 13.5. The Morgan fingerprint density at radius 2 is 1.67 bits per heavy atom. The molecule has 0 saturated carbocycles. The van der Waals surface area contributed by atoms with Crippen molar-refractivity contribution in [1.29, 1.82) is 0 Å². The number of unbranched alkanes of at least 4 members (excludes halogenated alkanes) is 1. The van der Waals surface area contributed by atoms with Crippen molar-refractivity contribution in [3.05, 3.63) is 70.2 Å². The van der Waals surface area contributed by atoms with Crippen molar-refractivity contribution in [2.24, 2.45) is 0 Å². The summed E-state index contributed by atoms with van der Waals surface area (Å²) in [5, 5.41) is 13.6. The number of rotatable bonds is 11. The number of pyridine rings is 1. The molecule has 0 spiro atoms. The summed E-state index contributed by atoms with van der Waals surface area (Å²) in [5.74, 6) is -0.340. The number of aryl methyl sites for hydroxylation is 1. The van der Waals surface area contributed by atoms with Gasteiger partial charge in [-0.1, -0.05) is 41.9 Å². The van der Waals surface area contributed by atoms with E-state index in [0.29, 0.717) is 16.7 Å². The topological polar surface area (TPSA) is 96.0 Å². The van der Waals surface area contributed by atoms with Gasteiger partial charge in [0, 0.05) is 58.7 Å². The molecule has 0 aliphatic heterocycles. The molecule has 202 valence electrons. The van der Waals surface area contributed by atoms with Gasteiger partial charge in [0.25, 0.3) is 0 Å². The Morgan fingerprint density at radius 3 is 2.54 bits per heavy atom. The number of nitrogens with zero attached hydrogens (tertiary/aromatic N) is 2. The lowest BCUT2D eigenvalue weighted by atomic mass is 9.92. The van der Waals surface area contributed by atoms with E-state index < -0.39 is 0 Å². The molecule has 7 nitrogen and oxygen atoms in total. The Hall–Kier alpha value is -3.49. The molecule has 0 atom stereocenters. The van der Waals surface area contributed by atoms with Gasteiger partial charge in [0.05, 0.1) is 11.2 Å². The lowest BCUT2D eigenvalue weighted by Crippen LogP contribution is -2.26. The maximum atomic E-state index is 12.3. The first kappa shape index (κ1) is 27.1. The minimum atomic E-state index is -0.223. The molecule has 0 saturated heterocycles. The SMILES string of the molecule is O=C(CCC(=O)Nc1nc(-c2ccc(Cl)cc2)cs1)NCCCCNc1c2c(nc3ccccc13)CCCC2. The average molecular weight is 562 g/mol. The van der Waals surface area contributed by atoms with Crippen molar-refractivity contribution < 1.29 is 9.59 Å². The molecule has 2 aromatic carbocycles. The predicted octanol–water partition coefficient (Wildman–Crippen LogP) is 6.62. The van der Waals surface area contributed by atoms with Gasteiger partial charge in [-0.05, 0) is 62.3 Å². The van der Waals surface area contributed by atoms with Gasteiger partial charge in [0.1, 0.15) is 0 Å². The Kier molecular flexibility index (Phi) is 9.06. The summed E-state index contributed by atoms with van der Waals surface area (Å²) in [6, 6.07) is 15.7. The van der Waals surface area contributed by atoms with Crippen molar-refractivity contribution in [1.82, 2.24) is 15.3 Å². The highest BCUT2D eigenvalue weighted by molar-refractivity contribution is 7.14. The van der Waals surface area contributed by atoms with E-state index in [4.69, 9.17) is 16.6 Å². The zero-order valence-corrected chi connectivity index (χ0v) is 23.3. The summed E-state index contributed by atoms with van der Waals surface area (Å²) in [6.45, 7) is 1.43. The van der Waals surface area contributed by atoms with Crippen LogP contribution >= 0.6 is 22.9 Å². The molecule has 39 heavy (non-hydrogen) atoms. The van der Waals surface area contributed by atoms with Crippen molar-refractivity contribution in [2.45, 2.75) is 51.4 Å². The molecule has 3 N–H and O–H groups in total. The van der Waals surface area contributed by atoms with Crippen LogP contribution in [0.2, 0.25) is 5.02 Å². The predicted molar refractivity (Wildman–Crippen MR) is 160 cm³/mol. The highest BCUT2D eigenvalue weighted by Gasteiger charge is 2.17. The van der Waals surface area contributed by atoms with Crippen LogP contribution in [0.4, 0.5) is 10.8 Å². The van der Waals surface area contributed by atoms with Gasteiger partial charge in [-0.2, -0.15) is 0 Å². The molecule has 2 amide bonds. The standard InChI is InChI=1S/C30H32ClN5O2S/c31-21-13-11-20(12-14-21)26-19-39-30(35-26)36-28(38)16-15-27(37)32-17-5-6-18-33-29-22-7-1-3-9-24(22)34-25-10-4-2-8-23(25)29/h1,3,7,9,11-14,19H,2,4-6,8,10,15-18H2,(H,32,37)(H,33,34)(H,35,36,38). The summed E-state index contributed by atoms with van der Waals surface area (Å²) in [4.78, 5) is 33.9.